The number of hydrogen-bond donors (Lipinski definition) is 1. The zero-order valence-electron chi connectivity index (χ0n) is 11.9. The van der Waals surface area contributed by atoms with E-state index < -0.39 is 0 Å². The van der Waals surface area contributed by atoms with Gasteiger partial charge in [-0.3, -0.25) is 4.99 Å². The van der Waals surface area contributed by atoms with Crippen LogP contribution < -0.4 is 5.73 Å². The van der Waals surface area contributed by atoms with Crippen LogP contribution in [-0.2, 0) is 0 Å². The molecule has 0 amide bonds. The molecule has 104 valence electrons. The first-order valence-corrected chi connectivity index (χ1v) is 7.51. The van der Waals surface area contributed by atoms with Crippen molar-refractivity contribution in [1.29, 1.82) is 0 Å². The van der Waals surface area contributed by atoms with Crippen molar-refractivity contribution in [2.45, 2.75) is 51.9 Å². The topological polar surface area (TPSA) is 41.6 Å². The first-order valence-electron chi connectivity index (χ1n) is 7.51. The van der Waals surface area contributed by atoms with E-state index in [1.165, 1.54) is 44.4 Å². The molecule has 0 fully saturated rings. The van der Waals surface area contributed by atoms with E-state index in [9.17, 15) is 0 Å². The Balaban J connectivity index is 2.02. The van der Waals surface area contributed by atoms with Gasteiger partial charge in [-0.25, -0.2) is 0 Å². The monoisotopic (exact) mass is 251 g/mol. The van der Waals surface area contributed by atoms with Crippen molar-refractivity contribution < 1.29 is 0 Å². The quantitative estimate of drug-likeness (QED) is 0.479. The second-order valence-corrected chi connectivity index (χ2v) is 4.93. The average molecular weight is 251 g/mol. The van der Waals surface area contributed by atoms with Crippen LogP contribution in [0.5, 0.6) is 0 Å². The van der Waals surface area contributed by atoms with Crippen LogP contribution >= 0.6 is 0 Å². The molecule has 0 aromatic rings. The fraction of sp³-hybridized carbons (Fsp3) is 0.800. The maximum absolute atomic E-state index is 5.60. The van der Waals surface area contributed by atoms with Gasteiger partial charge in [-0.1, -0.05) is 31.9 Å². The molecule has 2 N–H and O–H groups in total. The molecular formula is C15H29N3. The lowest BCUT2D eigenvalue weighted by Gasteiger charge is -2.19. The number of rotatable bonds is 10. The van der Waals surface area contributed by atoms with E-state index >= 15 is 0 Å². The summed E-state index contributed by atoms with van der Waals surface area (Å²) in [5.74, 6) is 1.29. The molecule has 0 bridgehead atoms. The number of unbranched alkanes of at least 4 members (excludes halogenated alkanes) is 4. The zero-order valence-corrected chi connectivity index (χ0v) is 11.9. The van der Waals surface area contributed by atoms with Crippen molar-refractivity contribution in [2.75, 3.05) is 26.2 Å². The van der Waals surface area contributed by atoms with Gasteiger partial charge in [0.1, 0.15) is 0 Å². The standard InChI is InChI=1S/C15H29N3/c1-2-3-4-5-6-7-8-9-10-15-17-12-14-18(15)13-11-16/h5-6H,2-4,7-14,16H2,1H3/b6-5+. The molecule has 0 atom stereocenters. The Morgan fingerprint density at radius 1 is 1.22 bits per heavy atom. The van der Waals surface area contributed by atoms with Gasteiger partial charge in [0, 0.05) is 26.1 Å². The second kappa shape index (κ2) is 10.1. The number of allylic oxidation sites excluding steroid dienone is 2. The Morgan fingerprint density at radius 2 is 2.00 bits per heavy atom. The lowest BCUT2D eigenvalue weighted by molar-refractivity contribution is 0.457. The predicted octanol–water partition coefficient (Wildman–Crippen LogP) is 2.97. The fourth-order valence-electron chi connectivity index (χ4n) is 2.27. The zero-order chi connectivity index (χ0) is 13.1. The Kier molecular flexibility index (Phi) is 8.57. The lowest BCUT2D eigenvalue weighted by Crippen LogP contribution is -2.32. The molecule has 0 aromatic carbocycles. The van der Waals surface area contributed by atoms with Crippen molar-refractivity contribution in [3.8, 4) is 0 Å². The summed E-state index contributed by atoms with van der Waals surface area (Å²) >= 11 is 0. The Labute approximate surface area is 112 Å². The molecule has 1 rings (SSSR count). The molecular weight excluding hydrogens is 222 g/mol. The van der Waals surface area contributed by atoms with Crippen molar-refractivity contribution in [3.63, 3.8) is 0 Å². The Morgan fingerprint density at radius 3 is 2.72 bits per heavy atom. The van der Waals surface area contributed by atoms with Crippen LogP contribution in [0.1, 0.15) is 51.9 Å². The van der Waals surface area contributed by atoms with E-state index in [1.807, 2.05) is 0 Å². The SMILES string of the molecule is CCCC/C=C/CCCCC1=NCCN1CCN. The third kappa shape index (κ3) is 6.20. The molecule has 0 radical (unpaired) electrons. The molecule has 0 aliphatic carbocycles. The smallest absolute Gasteiger partial charge is 0.0990 e. The number of hydrogen-bond acceptors (Lipinski definition) is 3. The van der Waals surface area contributed by atoms with Gasteiger partial charge in [0.15, 0.2) is 0 Å². The summed E-state index contributed by atoms with van der Waals surface area (Å²) in [6, 6.07) is 0. The highest BCUT2D eigenvalue weighted by atomic mass is 15.2. The lowest BCUT2D eigenvalue weighted by atomic mass is 10.1. The number of nitrogens with zero attached hydrogens (tertiary/aromatic N) is 2. The third-order valence-corrected chi connectivity index (χ3v) is 3.34. The van der Waals surface area contributed by atoms with Crippen molar-refractivity contribution in [1.82, 2.24) is 4.90 Å². The van der Waals surface area contributed by atoms with Gasteiger partial charge < -0.3 is 10.6 Å². The molecule has 0 spiro atoms. The average Bonchev–Trinajstić information content (AvgIpc) is 2.81. The molecule has 1 heterocycles. The Bertz CT molecular complexity index is 258. The summed E-state index contributed by atoms with van der Waals surface area (Å²) in [7, 11) is 0. The van der Waals surface area contributed by atoms with Crippen molar-refractivity contribution in [3.05, 3.63) is 12.2 Å². The van der Waals surface area contributed by atoms with E-state index in [0.717, 1.165) is 32.6 Å². The molecule has 1 aliphatic heterocycles. The number of aliphatic imine (C=N–C) groups is 1. The van der Waals surface area contributed by atoms with E-state index in [1.54, 1.807) is 0 Å². The maximum atomic E-state index is 5.60. The molecule has 0 unspecified atom stereocenters. The highest BCUT2D eigenvalue weighted by Gasteiger charge is 2.14. The number of nitrogens with two attached hydrogens (primary N) is 1. The predicted molar refractivity (Wildman–Crippen MR) is 80.1 cm³/mol. The van der Waals surface area contributed by atoms with E-state index in [4.69, 9.17) is 5.73 Å². The third-order valence-electron chi connectivity index (χ3n) is 3.34. The van der Waals surface area contributed by atoms with Gasteiger partial charge in [-0.15, -0.1) is 0 Å². The summed E-state index contributed by atoms with van der Waals surface area (Å²) in [5, 5.41) is 0. The van der Waals surface area contributed by atoms with Gasteiger partial charge in [0.25, 0.3) is 0 Å². The minimum atomic E-state index is 0.735. The summed E-state index contributed by atoms with van der Waals surface area (Å²) in [6.45, 7) is 5.98. The highest BCUT2D eigenvalue weighted by Crippen LogP contribution is 2.10. The van der Waals surface area contributed by atoms with Gasteiger partial charge in [0.05, 0.1) is 12.4 Å². The van der Waals surface area contributed by atoms with E-state index in [0.29, 0.717) is 0 Å². The van der Waals surface area contributed by atoms with Gasteiger partial charge in [-0.2, -0.15) is 0 Å². The highest BCUT2D eigenvalue weighted by molar-refractivity contribution is 5.83. The summed E-state index contributed by atoms with van der Waals surface area (Å²) in [6.07, 6.45) is 13.4. The molecule has 0 saturated heterocycles. The van der Waals surface area contributed by atoms with Crippen LogP contribution in [0.25, 0.3) is 0 Å². The summed E-state index contributed by atoms with van der Waals surface area (Å²) in [5.41, 5.74) is 5.60. The molecule has 0 aromatic heterocycles. The molecule has 18 heavy (non-hydrogen) atoms. The second-order valence-electron chi connectivity index (χ2n) is 4.93. The van der Waals surface area contributed by atoms with Crippen molar-refractivity contribution >= 4 is 5.84 Å². The fourth-order valence-corrected chi connectivity index (χ4v) is 2.27. The van der Waals surface area contributed by atoms with E-state index in [2.05, 4.69) is 29.0 Å². The number of amidine groups is 1. The van der Waals surface area contributed by atoms with Crippen LogP contribution in [0.3, 0.4) is 0 Å². The van der Waals surface area contributed by atoms with Gasteiger partial charge >= 0.3 is 0 Å². The molecule has 1 aliphatic rings. The first-order chi connectivity index (χ1) is 8.88. The normalized spacial score (nSPS) is 15.7. The minimum Gasteiger partial charge on any atom is -0.357 e. The first kappa shape index (κ1) is 15.2. The summed E-state index contributed by atoms with van der Waals surface area (Å²) in [4.78, 5) is 6.91. The van der Waals surface area contributed by atoms with E-state index in [-0.39, 0.29) is 0 Å². The van der Waals surface area contributed by atoms with Gasteiger partial charge in [0.2, 0.25) is 0 Å². The largest absolute Gasteiger partial charge is 0.357 e. The molecule has 3 heteroatoms. The molecule has 0 saturated carbocycles. The minimum absolute atomic E-state index is 0.735. The van der Waals surface area contributed by atoms with Crippen LogP contribution in [0.4, 0.5) is 0 Å². The van der Waals surface area contributed by atoms with Crippen molar-refractivity contribution in [2.24, 2.45) is 10.7 Å². The Hall–Kier alpha value is -0.830. The van der Waals surface area contributed by atoms with Gasteiger partial charge in [-0.05, 0) is 25.7 Å². The maximum Gasteiger partial charge on any atom is 0.0990 e. The van der Waals surface area contributed by atoms with Crippen LogP contribution in [-0.4, -0.2) is 36.9 Å². The molecule has 3 nitrogen and oxygen atoms in total. The van der Waals surface area contributed by atoms with Crippen LogP contribution in [0.15, 0.2) is 17.1 Å². The van der Waals surface area contributed by atoms with Crippen LogP contribution in [0.2, 0.25) is 0 Å². The summed E-state index contributed by atoms with van der Waals surface area (Å²) < 4.78 is 0. The van der Waals surface area contributed by atoms with Crippen LogP contribution in [0, 0.1) is 0 Å².